The van der Waals surface area contributed by atoms with Crippen LogP contribution >= 0.6 is 11.5 Å². The van der Waals surface area contributed by atoms with Gasteiger partial charge >= 0.3 is 0 Å². The van der Waals surface area contributed by atoms with Gasteiger partial charge in [-0.05, 0) is 43.4 Å². The van der Waals surface area contributed by atoms with Crippen molar-refractivity contribution in [3.05, 3.63) is 59.2 Å². The van der Waals surface area contributed by atoms with Gasteiger partial charge in [-0.25, -0.2) is 27.2 Å². The van der Waals surface area contributed by atoms with Gasteiger partial charge in [-0.3, -0.25) is 9.59 Å². The summed E-state index contributed by atoms with van der Waals surface area (Å²) in [5, 5.41) is 8.54. The zero-order valence-corrected chi connectivity index (χ0v) is 20.0. The highest BCUT2D eigenvalue weighted by molar-refractivity contribution is 7.91. The third-order valence-corrected chi connectivity index (χ3v) is 7.85. The molecule has 4 rings (SSSR count). The molecule has 1 aliphatic rings. The summed E-state index contributed by atoms with van der Waals surface area (Å²) < 4.78 is 53.8. The van der Waals surface area contributed by atoms with Crippen LogP contribution in [0.1, 0.15) is 39.4 Å². The number of carbonyl (C=O) groups is 2. The molecule has 0 spiro atoms. The van der Waals surface area contributed by atoms with E-state index in [1.165, 1.54) is 18.5 Å². The summed E-state index contributed by atoms with van der Waals surface area (Å²) in [6.45, 7) is 1.62. The van der Waals surface area contributed by atoms with Crippen LogP contribution in [0.5, 0.6) is 0 Å². The van der Waals surface area contributed by atoms with Gasteiger partial charge in [0.1, 0.15) is 26.4 Å². The minimum absolute atomic E-state index is 0.0345. The number of anilines is 3. The largest absolute Gasteiger partial charge is 0.348 e. The van der Waals surface area contributed by atoms with Crippen LogP contribution in [0.2, 0.25) is 0 Å². The van der Waals surface area contributed by atoms with Gasteiger partial charge in [0.15, 0.2) is 11.6 Å². The molecule has 184 valence electrons. The Morgan fingerprint density at radius 1 is 1.06 bits per heavy atom. The molecule has 0 unspecified atom stereocenters. The van der Waals surface area contributed by atoms with E-state index in [-0.39, 0.29) is 40.3 Å². The molecule has 1 aliphatic heterocycles. The average molecular weight is 523 g/mol. The molecule has 1 aromatic carbocycles. The van der Waals surface area contributed by atoms with Crippen LogP contribution in [0.4, 0.5) is 25.3 Å². The van der Waals surface area contributed by atoms with Crippen LogP contribution in [0, 0.1) is 18.6 Å². The molecule has 10 nitrogen and oxygen atoms in total. The normalized spacial score (nSPS) is 15.4. The molecule has 14 heteroatoms. The summed E-state index contributed by atoms with van der Waals surface area (Å²) in [5.74, 6) is -2.84. The van der Waals surface area contributed by atoms with E-state index in [2.05, 4.69) is 30.3 Å². The van der Waals surface area contributed by atoms with E-state index in [0.29, 0.717) is 23.5 Å². The van der Waals surface area contributed by atoms with Gasteiger partial charge in [0, 0.05) is 17.8 Å². The maximum absolute atomic E-state index is 13.5. The quantitative estimate of drug-likeness (QED) is 0.449. The van der Waals surface area contributed by atoms with Crippen LogP contribution in [0.25, 0.3) is 0 Å². The number of nitrogens with one attached hydrogen (secondary N) is 3. The van der Waals surface area contributed by atoms with Gasteiger partial charge in [0.2, 0.25) is 0 Å². The van der Waals surface area contributed by atoms with Crippen molar-refractivity contribution in [2.75, 3.05) is 22.1 Å². The smallest absolute Gasteiger partial charge is 0.271 e. The van der Waals surface area contributed by atoms with E-state index in [4.69, 9.17) is 0 Å². The number of sulfone groups is 1. The lowest BCUT2D eigenvalue weighted by atomic mass is 10.1. The zero-order valence-electron chi connectivity index (χ0n) is 18.3. The maximum Gasteiger partial charge on any atom is 0.271 e. The number of aromatic nitrogens is 3. The van der Waals surface area contributed by atoms with Crippen LogP contribution < -0.4 is 16.0 Å². The van der Waals surface area contributed by atoms with E-state index >= 15 is 0 Å². The van der Waals surface area contributed by atoms with E-state index in [9.17, 15) is 26.8 Å². The van der Waals surface area contributed by atoms with Gasteiger partial charge in [-0.1, -0.05) is 0 Å². The van der Waals surface area contributed by atoms with E-state index in [1.807, 2.05) is 0 Å². The third-order valence-electron chi connectivity index (χ3n) is 5.28. The SMILES string of the molecule is Cc1nsc(Nc2cnc(C(=O)NC3CCS(=O)(=O)CC3)cn2)c1C(=O)Nc1ccc(F)c(F)c1. The molecule has 3 heterocycles. The van der Waals surface area contributed by atoms with Crippen LogP contribution in [-0.4, -0.2) is 52.1 Å². The Morgan fingerprint density at radius 2 is 1.80 bits per heavy atom. The number of rotatable bonds is 6. The Hall–Kier alpha value is -3.52. The monoisotopic (exact) mass is 522 g/mol. The maximum atomic E-state index is 13.5. The van der Waals surface area contributed by atoms with Gasteiger partial charge in [0.05, 0.1) is 35.2 Å². The van der Waals surface area contributed by atoms with Crippen molar-refractivity contribution >= 4 is 49.7 Å². The minimum Gasteiger partial charge on any atom is -0.348 e. The molecule has 1 saturated heterocycles. The molecule has 35 heavy (non-hydrogen) atoms. The third kappa shape index (κ3) is 5.95. The number of nitrogens with zero attached hydrogens (tertiary/aromatic N) is 3. The highest BCUT2D eigenvalue weighted by Gasteiger charge is 2.25. The second kappa shape index (κ2) is 10.00. The summed E-state index contributed by atoms with van der Waals surface area (Å²) in [4.78, 5) is 33.4. The molecule has 2 aromatic heterocycles. The first-order chi connectivity index (χ1) is 16.6. The second-order valence-corrected chi connectivity index (χ2v) is 10.9. The molecule has 3 N–H and O–H groups in total. The fourth-order valence-corrected chi connectivity index (χ4v) is 5.70. The number of halogens is 2. The fourth-order valence-electron chi connectivity index (χ4n) is 3.41. The van der Waals surface area contributed by atoms with Crippen LogP contribution in [0.15, 0.2) is 30.6 Å². The number of hydrogen-bond donors (Lipinski definition) is 3. The number of carbonyl (C=O) groups excluding carboxylic acids is 2. The predicted octanol–water partition coefficient (Wildman–Crippen LogP) is 2.82. The summed E-state index contributed by atoms with van der Waals surface area (Å²) in [6.07, 6.45) is 3.26. The van der Waals surface area contributed by atoms with E-state index < -0.39 is 33.3 Å². The van der Waals surface area contributed by atoms with Crippen molar-refractivity contribution in [2.45, 2.75) is 25.8 Å². The molecular weight excluding hydrogens is 502 g/mol. The molecule has 0 atom stereocenters. The molecule has 2 amide bonds. The molecule has 0 radical (unpaired) electrons. The van der Waals surface area contributed by atoms with Crippen LogP contribution in [-0.2, 0) is 9.84 Å². The lowest BCUT2D eigenvalue weighted by molar-refractivity contribution is 0.0928. The minimum atomic E-state index is -3.03. The van der Waals surface area contributed by atoms with Crippen molar-refractivity contribution in [3.8, 4) is 0 Å². The Morgan fingerprint density at radius 3 is 2.46 bits per heavy atom. The highest BCUT2D eigenvalue weighted by atomic mass is 32.2. The molecular formula is C21H20F2N6O4S2. The predicted molar refractivity (Wildman–Crippen MR) is 126 cm³/mol. The Bertz CT molecular complexity index is 1360. The molecule has 1 fully saturated rings. The summed E-state index contributed by atoms with van der Waals surface area (Å²) in [7, 11) is -3.03. The van der Waals surface area contributed by atoms with Gasteiger partial charge < -0.3 is 16.0 Å². The molecule has 0 aliphatic carbocycles. The first kappa shape index (κ1) is 24.6. The average Bonchev–Trinajstić information content (AvgIpc) is 3.18. The number of aryl methyl sites for hydroxylation is 1. The molecule has 0 saturated carbocycles. The van der Waals surface area contributed by atoms with E-state index in [0.717, 1.165) is 23.7 Å². The molecule has 3 aromatic rings. The number of benzene rings is 1. The van der Waals surface area contributed by atoms with Crippen molar-refractivity contribution in [3.63, 3.8) is 0 Å². The summed E-state index contributed by atoms with van der Waals surface area (Å²) in [6, 6.07) is 2.77. The van der Waals surface area contributed by atoms with Crippen molar-refractivity contribution in [1.82, 2.24) is 19.7 Å². The number of amides is 2. The first-order valence-corrected chi connectivity index (χ1v) is 13.0. The van der Waals surface area contributed by atoms with E-state index in [1.54, 1.807) is 6.92 Å². The topological polar surface area (TPSA) is 143 Å². The standard InChI is InChI=1S/C21H20F2N6O4S2/c1-11-18(20(31)27-13-2-3-14(22)15(23)8-13)21(34-29-11)28-17-10-24-16(9-25-17)19(30)26-12-4-6-35(32,33)7-5-12/h2-3,8-10,12H,4-7H2,1H3,(H,25,28)(H,26,30)(H,27,31). The summed E-state index contributed by atoms with van der Waals surface area (Å²) in [5.41, 5.74) is 0.739. The Labute approximate surface area is 203 Å². The van der Waals surface area contributed by atoms with Gasteiger partial charge in [-0.15, -0.1) is 0 Å². The molecule has 0 bridgehead atoms. The van der Waals surface area contributed by atoms with Gasteiger partial charge in [-0.2, -0.15) is 4.37 Å². The number of hydrogen-bond acceptors (Lipinski definition) is 9. The van der Waals surface area contributed by atoms with Crippen LogP contribution in [0.3, 0.4) is 0 Å². The Kier molecular flexibility index (Phi) is 7.03. The first-order valence-electron chi connectivity index (χ1n) is 10.4. The Balaban J connectivity index is 1.41. The van der Waals surface area contributed by atoms with Crippen molar-refractivity contribution < 1.29 is 26.8 Å². The lowest BCUT2D eigenvalue weighted by Gasteiger charge is -2.22. The lowest BCUT2D eigenvalue weighted by Crippen LogP contribution is -2.41. The second-order valence-electron chi connectivity index (χ2n) is 7.87. The van der Waals surface area contributed by atoms with Crippen molar-refractivity contribution in [1.29, 1.82) is 0 Å². The highest BCUT2D eigenvalue weighted by Crippen LogP contribution is 2.28. The van der Waals surface area contributed by atoms with Gasteiger partial charge in [0.25, 0.3) is 11.8 Å². The zero-order chi connectivity index (χ0) is 25.2. The fraction of sp³-hybridized carbons (Fsp3) is 0.286. The van der Waals surface area contributed by atoms with Crippen molar-refractivity contribution in [2.24, 2.45) is 0 Å². The summed E-state index contributed by atoms with van der Waals surface area (Å²) >= 11 is 0.997.